The summed E-state index contributed by atoms with van der Waals surface area (Å²) >= 11 is 0. The van der Waals surface area contributed by atoms with Crippen LogP contribution in [-0.4, -0.2) is 28.8 Å². The number of aliphatic hydroxyl groups is 1. The molecule has 0 saturated heterocycles. The first kappa shape index (κ1) is 24.7. The molecule has 34 heavy (non-hydrogen) atoms. The molecule has 5 aliphatic rings. The maximum Gasteiger partial charge on any atom is 0.160 e. The highest BCUT2D eigenvalue weighted by molar-refractivity contribution is 6.03. The number of allylic oxidation sites excluding steroid dienone is 2. The second-order valence-corrected chi connectivity index (χ2v) is 14.6. The fourth-order valence-electron chi connectivity index (χ4n) is 10.8. The monoisotopic (exact) mass is 469 g/mol. The van der Waals surface area contributed by atoms with E-state index in [9.17, 15) is 14.7 Å². The predicted octanol–water partition coefficient (Wildman–Crippen LogP) is 5.61. The minimum absolute atomic E-state index is 0.0311. The molecule has 0 aromatic rings. The van der Waals surface area contributed by atoms with Crippen molar-refractivity contribution in [3.8, 4) is 0 Å². The minimum atomic E-state index is -0.579. The van der Waals surface area contributed by atoms with Crippen LogP contribution in [0.4, 0.5) is 0 Å². The molecular weight excluding hydrogens is 422 g/mol. The third-order valence-corrected chi connectivity index (χ3v) is 13.1. The lowest BCUT2D eigenvalue weighted by atomic mass is 9.30. The molecule has 8 atom stereocenters. The van der Waals surface area contributed by atoms with Gasteiger partial charge in [-0.2, -0.15) is 0 Å². The Hall–Kier alpha value is -1.00. The number of Topliss-reactive ketones (excluding diaryl/α,β-unsaturated/α-hetero) is 1. The second kappa shape index (κ2) is 7.06. The number of fused-ring (bicyclic) bond motifs is 7. The van der Waals surface area contributed by atoms with Crippen molar-refractivity contribution in [2.45, 2.75) is 118 Å². The van der Waals surface area contributed by atoms with Crippen LogP contribution in [0.15, 0.2) is 11.1 Å². The van der Waals surface area contributed by atoms with Crippen molar-refractivity contribution in [3.05, 3.63) is 11.1 Å². The summed E-state index contributed by atoms with van der Waals surface area (Å²) in [6.45, 7) is 16.1. The quantitative estimate of drug-likeness (QED) is 0.515. The van der Waals surface area contributed by atoms with Crippen LogP contribution in [0, 0.1) is 44.8 Å². The lowest BCUT2D eigenvalue weighted by Gasteiger charge is -2.76. The first-order valence-electron chi connectivity index (χ1n) is 13.9. The molecule has 5 aliphatic carbocycles. The summed E-state index contributed by atoms with van der Waals surface area (Å²) in [7, 11) is 0. The smallest absolute Gasteiger partial charge is 0.160 e. The number of carbonyl (C=O) groups excluding carboxylic acids is 2. The summed E-state index contributed by atoms with van der Waals surface area (Å²) in [5, 5.41) is 10.9. The van der Waals surface area contributed by atoms with E-state index in [0.29, 0.717) is 12.3 Å². The summed E-state index contributed by atoms with van der Waals surface area (Å²) in [5.41, 5.74) is 8.70. The van der Waals surface area contributed by atoms with Crippen molar-refractivity contribution < 1.29 is 14.7 Å². The maximum absolute atomic E-state index is 13.2. The van der Waals surface area contributed by atoms with Crippen molar-refractivity contribution >= 4 is 12.1 Å². The Morgan fingerprint density at radius 1 is 0.941 bits per heavy atom. The van der Waals surface area contributed by atoms with Crippen LogP contribution in [-0.2, 0) is 9.59 Å². The molecule has 0 aromatic carbocycles. The molecular formula is C30H47NO3. The summed E-state index contributed by atoms with van der Waals surface area (Å²) in [6.07, 6.45) is 8.81. The normalized spacial score (nSPS) is 52.1. The van der Waals surface area contributed by atoms with Crippen molar-refractivity contribution in [2.24, 2.45) is 50.6 Å². The Morgan fingerprint density at radius 2 is 1.62 bits per heavy atom. The summed E-state index contributed by atoms with van der Waals surface area (Å²) in [5.74, 6) is 1.00. The van der Waals surface area contributed by atoms with E-state index in [1.54, 1.807) is 0 Å². The first-order valence-corrected chi connectivity index (χ1v) is 13.9. The third-order valence-electron chi connectivity index (χ3n) is 13.1. The van der Waals surface area contributed by atoms with Crippen LogP contribution in [0.25, 0.3) is 0 Å². The van der Waals surface area contributed by atoms with Crippen molar-refractivity contribution in [1.29, 1.82) is 0 Å². The Kier molecular flexibility index (Phi) is 5.13. The highest BCUT2D eigenvalue weighted by Gasteiger charge is 2.74. The van der Waals surface area contributed by atoms with Gasteiger partial charge in [0.1, 0.15) is 6.29 Å². The van der Waals surface area contributed by atoms with Crippen LogP contribution in [0.5, 0.6) is 0 Å². The molecule has 5 rings (SSSR count). The molecule has 0 radical (unpaired) electrons. The van der Waals surface area contributed by atoms with E-state index < -0.39 is 5.41 Å². The Bertz CT molecular complexity index is 966. The lowest BCUT2D eigenvalue weighted by molar-refractivity contribution is -0.239. The van der Waals surface area contributed by atoms with Gasteiger partial charge in [0.2, 0.25) is 0 Å². The highest BCUT2D eigenvalue weighted by Crippen LogP contribution is 2.77. The Labute approximate surface area is 206 Å². The molecule has 0 unspecified atom stereocenters. The largest absolute Gasteiger partial charge is 0.393 e. The van der Waals surface area contributed by atoms with Crippen molar-refractivity contribution in [3.63, 3.8) is 0 Å². The molecule has 4 heteroatoms. The molecule has 0 aromatic heterocycles. The van der Waals surface area contributed by atoms with Gasteiger partial charge in [-0.25, -0.2) is 0 Å². The number of aliphatic hydroxyl groups excluding tert-OH is 1. The zero-order valence-corrected chi connectivity index (χ0v) is 22.6. The summed E-state index contributed by atoms with van der Waals surface area (Å²) < 4.78 is 0. The Morgan fingerprint density at radius 3 is 2.24 bits per heavy atom. The standard InChI is InChI=1S/C30H47NO3/c1-18(2)23-20(33)16-29(17-32)15-14-26(5)19(24(23)29)8-13-30(31)27(6)11-10-22(34)25(3,4)21(27)9-12-28(26,30)7/h17-19,21-22,34H,8-16,31H2,1-7H3/t19-,21-,22+,26-,27+,28+,29+,30+/m1/s1. The van der Waals surface area contributed by atoms with Crippen LogP contribution < -0.4 is 5.73 Å². The lowest BCUT2D eigenvalue weighted by Crippen LogP contribution is -2.78. The van der Waals surface area contributed by atoms with E-state index in [2.05, 4.69) is 48.5 Å². The number of ketones is 1. The number of aldehydes is 1. The maximum atomic E-state index is 13.2. The van der Waals surface area contributed by atoms with Gasteiger partial charge in [0.05, 0.1) is 11.5 Å². The van der Waals surface area contributed by atoms with E-state index in [4.69, 9.17) is 5.73 Å². The van der Waals surface area contributed by atoms with Gasteiger partial charge >= 0.3 is 0 Å². The molecule has 4 nitrogen and oxygen atoms in total. The van der Waals surface area contributed by atoms with Gasteiger partial charge in [-0.15, -0.1) is 0 Å². The van der Waals surface area contributed by atoms with Gasteiger partial charge in [-0.1, -0.05) is 48.5 Å². The van der Waals surface area contributed by atoms with E-state index >= 15 is 0 Å². The molecule has 0 bridgehead atoms. The van der Waals surface area contributed by atoms with Crippen molar-refractivity contribution in [2.75, 3.05) is 0 Å². The minimum Gasteiger partial charge on any atom is -0.393 e. The summed E-state index contributed by atoms with van der Waals surface area (Å²) in [4.78, 5) is 25.8. The van der Waals surface area contributed by atoms with E-state index in [-0.39, 0.29) is 50.9 Å². The predicted molar refractivity (Wildman–Crippen MR) is 135 cm³/mol. The molecule has 0 amide bonds. The fourth-order valence-corrected chi connectivity index (χ4v) is 10.8. The Balaban J connectivity index is 1.66. The van der Waals surface area contributed by atoms with Gasteiger partial charge < -0.3 is 15.6 Å². The van der Waals surface area contributed by atoms with E-state index in [1.807, 2.05) is 0 Å². The molecule has 190 valence electrons. The van der Waals surface area contributed by atoms with E-state index in [0.717, 1.165) is 63.2 Å². The SMILES string of the molecule is CC(C)C1=C2[C@H]3CC[C@@]4(N)[C@@](C)(CC[C@@H]5C(C)(C)[C@@H](O)CC[C@@]54C)[C@]3(C)CC[C@@]2(C=O)CC1=O. The molecule has 0 aliphatic heterocycles. The fraction of sp³-hybridized carbons (Fsp3) is 0.867. The third kappa shape index (κ3) is 2.53. The highest BCUT2D eigenvalue weighted by atomic mass is 16.3. The first-order chi connectivity index (χ1) is 15.7. The zero-order valence-electron chi connectivity index (χ0n) is 22.6. The van der Waals surface area contributed by atoms with Gasteiger partial charge in [0.15, 0.2) is 5.78 Å². The van der Waals surface area contributed by atoms with Crippen LogP contribution >= 0.6 is 0 Å². The number of hydrogen-bond donors (Lipinski definition) is 2. The molecule has 4 fully saturated rings. The summed E-state index contributed by atoms with van der Waals surface area (Å²) in [6, 6.07) is 0. The van der Waals surface area contributed by atoms with Crippen LogP contribution in [0.2, 0.25) is 0 Å². The number of hydrogen-bond acceptors (Lipinski definition) is 4. The zero-order chi connectivity index (χ0) is 25.1. The second-order valence-electron chi connectivity index (χ2n) is 14.6. The van der Waals surface area contributed by atoms with Gasteiger partial charge in [0.25, 0.3) is 0 Å². The van der Waals surface area contributed by atoms with E-state index in [1.165, 1.54) is 5.57 Å². The topological polar surface area (TPSA) is 80.4 Å². The van der Waals surface area contributed by atoms with Crippen LogP contribution in [0.1, 0.15) is 106 Å². The molecule has 3 N–H and O–H groups in total. The average Bonchev–Trinajstić information content (AvgIpc) is 3.06. The van der Waals surface area contributed by atoms with Gasteiger partial charge in [0, 0.05) is 12.0 Å². The molecule has 4 saturated carbocycles. The number of nitrogens with two attached hydrogens (primary N) is 1. The van der Waals surface area contributed by atoms with Gasteiger partial charge in [-0.05, 0) is 102 Å². The number of rotatable bonds is 2. The molecule has 0 spiro atoms. The van der Waals surface area contributed by atoms with Crippen LogP contribution in [0.3, 0.4) is 0 Å². The van der Waals surface area contributed by atoms with Gasteiger partial charge in [-0.3, -0.25) is 4.79 Å². The number of carbonyl (C=O) groups is 2. The van der Waals surface area contributed by atoms with Crippen molar-refractivity contribution in [1.82, 2.24) is 0 Å². The molecule has 0 heterocycles. The average molecular weight is 470 g/mol.